The maximum atomic E-state index is 4.45. The number of rotatable bonds is 12. The van der Waals surface area contributed by atoms with E-state index < -0.39 is 0 Å². The minimum atomic E-state index is 0.176. The summed E-state index contributed by atoms with van der Waals surface area (Å²) in [6, 6.07) is 0.571. The third-order valence-electron chi connectivity index (χ3n) is 6.63. The normalized spacial score (nSPS) is 26.2. The van der Waals surface area contributed by atoms with Crippen molar-refractivity contribution in [2.75, 3.05) is 6.54 Å². The zero-order valence-electron chi connectivity index (χ0n) is 18.3. The summed E-state index contributed by atoms with van der Waals surface area (Å²) in [6.45, 7) is 21.6. The molecule has 0 saturated heterocycles. The molecule has 0 bridgehead atoms. The predicted octanol–water partition coefficient (Wildman–Crippen LogP) is 7.15. The van der Waals surface area contributed by atoms with Crippen LogP contribution in [0.15, 0.2) is 24.3 Å². The lowest BCUT2D eigenvalue weighted by atomic mass is 9.45. The summed E-state index contributed by atoms with van der Waals surface area (Å²) in [6.07, 6.45) is 14.2. The highest BCUT2D eigenvalue weighted by Crippen LogP contribution is 2.64. The van der Waals surface area contributed by atoms with Crippen molar-refractivity contribution in [3.63, 3.8) is 0 Å². The van der Waals surface area contributed by atoms with Crippen LogP contribution in [-0.2, 0) is 0 Å². The second-order valence-corrected chi connectivity index (χ2v) is 9.34. The van der Waals surface area contributed by atoms with E-state index in [1.807, 2.05) is 0 Å². The standard InChI is InChI=1S/C24H45N/c1-9-14-24(10-2,20(5)6)23(15-16-25-21(7)8)17-22(18-23)13-11-12-19(3)4/h9,14,19,21-22,25H,5,10-13,15-18H2,1-4,6-8H3/b14-9+. The van der Waals surface area contributed by atoms with E-state index in [2.05, 4.69) is 72.5 Å². The summed E-state index contributed by atoms with van der Waals surface area (Å²) in [7, 11) is 0. The van der Waals surface area contributed by atoms with Gasteiger partial charge in [0.05, 0.1) is 0 Å². The van der Waals surface area contributed by atoms with Crippen LogP contribution in [0.25, 0.3) is 0 Å². The highest BCUT2D eigenvalue weighted by molar-refractivity contribution is 5.26. The summed E-state index contributed by atoms with van der Waals surface area (Å²) in [5.41, 5.74) is 1.94. The molecule has 1 fully saturated rings. The molecule has 1 N–H and O–H groups in total. The topological polar surface area (TPSA) is 12.0 Å². The van der Waals surface area contributed by atoms with Crippen molar-refractivity contribution < 1.29 is 0 Å². The molecule has 0 aromatic carbocycles. The van der Waals surface area contributed by atoms with Crippen LogP contribution < -0.4 is 5.32 Å². The van der Waals surface area contributed by atoms with Crippen LogP contribution >= 0.6 is 0 Å². The van der Waals surface area contributed by atoms with Crippen LogP contribution in [0.5, 0.6) is 0 Å². The van der Waals surface area contributed by atoms with E-state index >= 15 is 0 Å². The average molecular weight is 348 g/mol. The minimum absolute atomic E-state index is 0.176. The fraction of sp³-hybridized carbons (Fsp3) is 0.833. The van der Waals surface area contributed by atoms with Crippen molar-refractivity contribution in [1.82, 2.24) is 5.32 Å². The quantitative estimate of drug-likeness (QED) is 0.370. The van der Waals surface area contributed by atoms with Crippen LogP contribution in [0.4, 0.5) is 0 Å². The van der Waals surface area contributed by atoms with Gasteiger partial charge in [0.25, 0.3) is 0 Å². The molecule has 0 aromatic rings. The summed E-state index contributed by atoms with van der Waals surface area (Å²) in [4.78, 5) is 0. The van der Waals surface area contributed by atoms with E-state index in [0.29, 0.717) is 11.5 Å². The molecule has 1 aliphatic carbocycles. The number of allylic oxidation sites excluding steroid dienone is 3. The van der Waals surface area contributed by atoms with Gasteiger partial charge in [0.15, 0.2) is 0 Å². The molecule has 0 radical (unpaired) electrons. The molecule has 1 nitrogen and oxygen atoms in total. The van der Waals surface area contributed by atoms with Gasteiger partial charge < -0.3 is 5.32 Å². The van der Waals surface area contributed by atoms with Crippen LogP contribution in [-0.4, -0.2) is 12.6 Å². The van der Waals surface area contributed by atoms with Gasteiger partial charge >= 0.3 is 0 Å². The van der Waals surface area contributed by atoms with Gasteiger partial charge in [-0.1, -0.05) is 78.2 Å². The van der Waals surface area contributed by atoms with Crippen LogP contribution in [0.3, 0.4) is 0 Å². The molecule has 146 valence electrons. The lowest BCUT2D eigenvalue weighted by molar-refractivity contribution is -0.0475. The summed E-state index contributed by atoms with van der Waals surface area (Å²) >= 11 is 0. The van der Waals surface area contributed by atoms with Gasteiger partial charge in [-0.05, 0) is 63.3 Å². The highest BCUT2D eigenvalue weighted by atomic mass is 14.9. The zero-order chi connectivity index (χ0) is 19.1. The smallest absolute Gasteiger partial charge is 0.0140 e. The van der Waals surface area contributed by atoms with Gasteiger partial charge in [-0.15, -0.1) is 0 Å². The average Bonchev–Trinajstić information content (AvgIpc) is 2.48. The Morgan fingerprint density at radius 3 is 2.36 bits per heavy atom. The van der Waals surface area contributed by atoms with Crippen molar-refractivity contribution in [2.24, 2.45) is 22.7 Å². The van der Waals surface area contributed by atoms with Crippen LogP contribution in [0.2, 0.25) is 0 Å². The van der Waals surface area contributed by atoms with Crippen LogP contribution in [0, 0.1) is 22.7 Å². The molecule has 1 heteroatoms. The first-order chi connectivity index (χ1) is 11.7. The maximum absolute atomic E-state index is 4.45. The number of hydrogen-bond donors (Lipinski definition) is 1. The monoisotopic (exact) mass is 347 g/mol. The lowest BCUT2D eigenvalue weighted by Gasteiger charge is -2.60. The fourth-order valence-electron chi connectivity index (χ4n) is 5.31. The van der Waals surface area contributed by atoms with Gasteiger partial charge in [0.2, 0.25) is 0 Å². The Balaban J connectivity index is 2.88. The number of hydrogen-bond acceptors (Lipinski definition) is 1. The van der Waals surface area contributed by atoms with E-state index in [9.17, 15) is 0 Å². The molecule has 0 aliphatic heterocycles. The molecule has 0 aromatic heterocycles. The molecule has 1 rings (SSSR count). The van der Waals surface area contributed by atoms with Gasteiger partial charge in [0, 0.05) is 11.5 Å². The Labute approximate surface area is 158 Å². The molecule has 25 heavy (non-hydrogen) atoms. The molecule has 1 atom stereocenters. The SMILES string of the molecule is C=C(C)C(/C=C/C)(CC)C1(CCNC(C)C)CC(CCCC(C)C)C1. The van der Waals surface area contributed by atoms with E-state index in [4.69, 9.17) is 0 Å². The second kappa shape index (κ2) is 9.95. The lowest BCUT2D eigenvalue weighted by Crippen LogP contribution is -2.52. The third kappa shape index (κ3) is 5.46. The van der Waals surface area contributed by atoms with Crippen molar-refractivity contribution in [2.45, 2.75) is 99.5 Å². The van der Waals surface area contributed by atoms with E-state index in [-0.39, 0.29) is 5.41 Å². The largest absolute Gasteiger partial charge is 0.315 e. The Kier molecular flexibility index (Phi) is 8.95. The summed E-state index contributed by atoms with van der Waals surface area (Å²) < 4.78 is 0. The molecule has 1 aliphatic rings. The summed E-state index contributed by atoms with van der Waals surface area (Å²) in [5.74, 6) is 1.77. The molecular weight excluding hydrogens is 302 g/mol. The Morgan fingerprint density at radius 1 is 1.28 bits per heavy atom. The van der Waals surface area contributed by atoms with Gasteiger partial charge in [-0.3, -0.25) is 0 Å². The molecule has 0 amide bonds. The molecule has 0 heterocycles. The van der Waals surface area contributed by atoms with Crippen molar-refractivity contribution in [1.29, 1.82) is 0 Å². The predicted molar refractivity (Wildman–Crippen MR) is 114 cm³/mol. The van der Waals surface area contributed by atoms with E-state index in [1.54, 1.807) is 0 Å². The first-order valence-electron chi connectivity index (χ1n) is 10.8. The fourth-order valence-corrected chi connectivity index (χ4v) is 5.31. The number of nitrogens with one attached hydrogen (secondary N) is 1. The maximum Gasteiger partial charge on any atom is 0.0140 e. The molecule has 1 saturated carbocycles. The summed E-state index contributed by atoms with van der Waals surface area (Å²) in [5, 5.41) is 3.67. The van der Waals surface area contributed by atoms with E-state index in [1.165, 1.54) is 50.5 Å². The first kappa shape index (κ1) is 22.5. The van der Waals surface area contributed by atoms with Crippen molar-refractivity contribution in [3.05, 3.63) is 24.3 Å². The van der Waals surface area contributed by atoms with Crippen LogP contribution in [0.1, 0.15) is 93.4 Å². The van der Waals surface area contributed by atoms with Gasteiger partial charge in [0.1, 0.15) is 0 Å². The Hall–Kier alpha value is -0.560. The Morgan fingerprint density at radius 2 is 1.92 bits per heavy atom. The highest BCUT2D eigenvalue weighted by Gasteiger charge is 2.55. The van der Waals surface area contributed by atoms with Gasteiger partial charge in [-0.25, -0.2) is 0 Å². The van der Waals surface area contributed by atoms with Crippen molar-refractivity contribution >= 4 is 0 Å². The minimum Gasteiger partial charge on any atom is -0.315 e. The third-order valence-corrected chi connectivity index (χ3v) is 6.63. The van der Waals surface area contributed by atoms with Gasteiger partial charge in [-0.2, -0.15) is 0 Å². The Bertz CT molecular complexity index is 425. The van der Waals surface area contributed by atoms with E-state index in [0.717, 1.165) is 18.4 Å². The molecule has 0 spiro atoms. The zero-order valence-corrected chi connectivity index (χ0v) is 18.3. The molecule has 1 unspecified atom stereocenters. The first-order valence-corrected chi connectivity index (χ1v) is 10.8. The second-order valence-electron chi connectivity index (χ2n) is 9.34. The molecular formula is C24H45N. The van der Waals surface area contributed by atoms with Crippen molar-refractivity contribution in [3.8, 4) is 0 Å².